The molecular weight excluding hydrogens is 450 g/mol. The number of nitrogens with one attached hydrogen (secondary N) is 1. The number of rotatable bonds is 3. The molecule has 1 N–H and O–H groups in total. The Morgan fingerprint density at radius 2 is 1.68 bits per heavy atom. The summed E-state index contributed by atoms with van der Waals surface area (Å²) in [6, 6.07) is 3.49. The Bertz CT molecular complexity index is 1140. The molecule has 1 aromatic carbocycles. The quantitative estimate of drug-likeness (QED) is 0.342. The zero-order valence-corrected chi connectivity index (χ0v) is 17.0. The maximum atomic E-state index is 13.9. The van der Waals surface area contributed by atoms with Crippen LogP contribution in [-0.2, 0) is 19.4 Å². The zero-order valence-electron chi connectivity index (χ0n) is 16.3. The van der Waals surface area contributed by atoms with Crippen LogP contribution in [0.25, 0.3) is 16.9 Å². The Morgan fingerprint density at radius 3 is 2.16 bits per heavy atom. The molecule has 0 atom stereocenters. The van der Waals surface area contributed by atoms with E-state index in [1.54, 1.807) is 0 Å². The number of alkyl halides is 6. The van der Waals surface area contributed by atoms with Gasteiger partial charge in [0.05, 0.1) is 5.56 Å². The minimum atomic E-state index is -5.03. The number of nitrogens with zero attached hydrogens (tertiary/aromatic N) is 5. The van der Waals surface area contributed by atoms with Crippen molar-refractivity contribution in [3.05, 3.63) is 52.4 Å². The predicted molar refractivity (Wildman–Crippen MR) is 101 cm³/mol. The van der Waals surface area contributed by atoms with Crippen LogP contribution in [0.1, 0.15) is 17.0 Å². The molecule has 0 saturated heterocycles. The largest absolute Gasteiger partial charge is 0.435 e. The van der Waals surface area contributed by atoms with Gasteiger partial charge in [-0.3, -0.25) is 10.1 Å². The SMILES string of the molecule is CN(C)C(=N)c1c(-c2cc(Cl)cc(C(F)(F)F)c2)c(C(F)(F)F)nn1-c1ccn(C)n1. The van der Waals surface area contributed by atoms with Crippen molar-refractivity contribution in [3.63, 3.8) is 0 Å². The first kappa shape index (κ1) is 22.7. The average molecular weight is 465 g/mol. The van der Waals surface area contributed by atoms with Crippen molar-refractivity contribution in [2.24, 2.45) is 7.05 Å². The summed E-state index contributed by atoms with van der Waals surface area (Å²) in [5.41, 5.74) is -4.25. The lowest BCUT2D eigenvalue weighted by Crippen LogP contribution is -2.25. The van der Waals surface area contributed by atoms with Crippen LogP contribution in [0.4, 0.5) is 26.3 Å². The molecule has 0 saturated carbocycles. The van der Waals surface area contributed by atoms with Crippen LogP contribution in [0.3, 0.4) is 0 Å². The van der Waals surface area contributed by atoms with Gasteiger partial charge in [-0.15, -0.1) is 0 Å². The van der Waals surface area contributed by atoms with Crippen LogP contribution in [0, 0.1) is 5.41 Å². The predicted octanol–water partition coefficient (Wildman–Crippen LogP) is 4.85. The maximum absolute atomic E-state index is 13.9. The fourth-order valence-electron chi connectivity index (χ4n) is 2.90. The Balaban J connectivity index is 2.45. The molecule has 0 bridgehead atoms. The van der Waals surface area contributed by atoms with Crippen LogP contribution < -0.4 is 0 Å². The molecule has 0 aliphatic heterocycles. The molecule has 2 heterocycles. The van der Waals surface area contributed by atoms with Crippen LogP contribution in [0.5, 0.6) is 0 Å². The highest BCUT2D eigenvalue weighted by atomic mass is 35.5. The number of amidine groups is 1. The van der Waals surface area contributed by atoms with E-state index in [1.165, 1.54) is 43.0 Å². The highest BCUT2D eigenvalue weighted by molar-refractivity contribution is 6.31. The van der Waals surface area contributed by atoms with Crippen molar-refractivity contribution >= 4 is 17.4 Å². The molecular formula is C18H15ClF6N6. The van der Waals surface area contributed by atoms with Gasteiger partial charge < -0.3 is 4.90 Å². The van der Waals surface area contributed by atoms with E-state index in [4.69, 9.17) is 17.0 Å². The van der Waals surface area contributed by atoms with E-state index in [2.05, 4.69) is 10.2 Å². The Labute approximate surface area is 177 Å². The van der Waals surface area contributed by atoms with Crippen LogP contribution >= 0.6 is 11.6 Å². The molecule has 6 nitrogen and oxygen atoms in total. The van der Waals surface area contributed by atoms with E-state index in [1.807, 2.05) is 0 Å². The summed E-state index contributed by atoms with van der Waals surface area (Å²) in [6.07, 6.45) is -8.42. The Kier molecular flexibility index (Phi) is 5.55. The zero-order chi connectivity index (χ0) is 23.3. The number of benzene rings is 1. The van der Waals surface area contributed by atoms with Crippen molar-refractivity contribution in [3.8, 4) is 16.9 Å². The summed E-state index contributed by atoms with van der Waals surface area (Å²) in [7, 11) is 4.35. The van der Waals surface area contributed by atoms with Gasteiger partial charge in [0.15, 0.2) is 11.5 Å². The highest BCUT2D eigenvalue weighted by Gasteiger charge is 2.42. The lowest BCUT2D eigenvalue weighted by Gasteiger charge is -2.17. The van der Waals surface area contributed by atoms with Crippen molar-refractivity contribution in [2.75, 3.05) is 14.1 Å². The first-order valence-corrected chi connectivity index (χ1v) is 8.92. The molecule has 3 rings (SSSR count). The summed E-state index contributed by atoms with van der Waals surface area (Å²) in [4.78, 5) is 1.20. The first-order chi connectivity index (χ1) is 14.2. The minimum Gasteiger partial charge on any atom is -0.361 e. The van der Waals surface area contributed by atoms with E-state index in [-0.39, 0.29) is 11.5 Å². The molecule has 0 amide bonds. The number of hydrogen-bond donors (Lipinski definition) is 1. The van der Waals surface area contributed by atoms with Crippen LogP contribution in [-0.4, -0.2) is 44.4 Å². The van der Waals surface area contributed by atoms with Gasteiger partial charge in [-0.1, -0.05) is 11.6 Å². The molecule has 31 heavy (non-hydrogen) atoms. The number of halogens is 7. The lowest BCUT2D eigenvalue weighted by atomic mass is 9.99. The van der Waals surface area contributed by atoms with Crippen LogP contribution in [0.2, 0.25) is 5.02 Å². The van der Waals surface area contributed by atoms with Crippen LogP contribution in [0.15, 0.2) is 30.5 Å². The second-order valence-electron chi connectivity index (χ2n) is 6.80. The molecule has 0 unspecified atom stereocenters. The molecule has 0 fully saturated rings. The maximum Gasteiger partial charge on any atom is 0.435 e. The van der Waals surface area contributed by atoms with Gasteiger partial charge in [0.25, 0.3) is 0 Å². The van der Waals surface area contributed by atoms with Crippen molar-refractivity contribution in [1.82, 2.24) is 24.5 Å². The molecule has 0 radical (unpaired) electrons. The summed E-state index contributed by atoms with van der Waals surface area (Å²) < 4.78 is 83.7. The first-order valence-electron chi connectivity index (χ1n) is 8.54. The van der Waals surface area contributed by atoms with E-state index in [0.29, 0.717) is 12.1 Å². The average Bonchev–Trinajstić information content (AvgIpc) is 3.22. The minimum absolute atomic E-state index is 0.0427. The highest BCUT2D eigenvalue weighted by Crippen LogP contribution is 2.42. The normalized spacial score (nSPS) is 12.3. The third-order valence-electron chi connectivity index (χ3n) is 4.26. The monoisotopic (exact) mass is 464 g/mol. The molecule has 3 aromatic rings. The van der Waals surface area contributed by atoms with Gasteiger partial charge in [0.1, 0.15) is 11.5 Å². The molecule has 0 aliphatic carbocycles. The number of aryl methyl sites for hydroxylation is 1. The second-order valence-corrected chi connectivity index (χ2v) is 7.24. The van der Waals surface area contributed by atoms with E-state index < -0.39 is 45.6 Å². The molecule has 166 valence electrons. The summed E-state index contributed by atoms with van der Waals surface area (Å²) >= 11 is 5.81. The number of hydrogen-bond acceptors (Lipinski definition) is 3. The Hall–Kier alpha value is -3.02. The molecule has 13 heteroatoms. The van der Waals surface area contributed by atoms with Gasteiger partial charge in [-0.05, 0) is 23.8 Å². The third kappa shape index (κ3) is 4.38. The molecule has 0 spiro atoms. The van der Waals surface area contributed by atoms with Gasteiger partial charge in [0, 0.05) is 44.0 Å². The van der Waals surface area contributed by atoms with Gasteiger partial charge in [-0.25, -0.2) is 4.68 Å². The van der Waals surface area contributed by atoms with Crippen molar-refractivity contribution in [2.45, 2.75) is 12.4 Å². The van der Waals surface area contributed by atoms with E-state index >= 15 is 0 Å². The lowest BCUT2D eigenvalue weighted by molar-refractivity contribution is -0.140. The summed E-state index contributed by atoms with van der Waals surface area (Å²) in [5.74, 6) is -0.462. The summed E-state index contributed by atoms with van der Waals surface area (Å²) in [5, 5.41) is 15.5. The Morgan fingerprint density at radius 1 is 1.03 bits per heavy atom. The van der Waals surface area contributed by atoms with Gasteiger partial charge in [0.2, 0.25) is 0 Å². The van der Waals surface area contributed by atoms with Gasteiger partial charge in [-0.2, -0.15) is 36.5 Å². The fraction of sp³-hybridized carbons (Fsp3) is 0.278. The third-order valence-corrected chi connectivity index (χ3v) is 4.47. The fourth-order valence-corrected chi connectivity index (χ4v) is 3.13. The number of aromatic nitrogens is 4. The second kappa shape index (κ2) is 7.59. The molecule has 0 aliphatic rings. The summed E-state index contributed by atoms with van der Waals surface area (Å²) in [6.45, 7) is 0. The topological polar surface area (TPSA) is 62.7 Å². The van der Waals surface area contributed by atoms with Crippen molar-refractivity contribution < 1.29 is 26.3 Å². The van der Waals surface area contributed by atoms with E-state index in [9.17, 15) is 26.3 Å². The molecule has 2 aromatic heterocycles. The van der Waals surface area contributed by atoms with E-state index in [0.717, 1.165) is 10.7 Å². The van der Waals surface area contributed by atoms with Gasteiger partial charge >= 0.3 is 12.4 Å². The smallest absolute Gasteiger partial charge is 0.361 e. The van der Waals surface area contributed by atoms with Crippen molar-refractivity contribution in [1.29, 1.82) is 5.41 Å². The standard InChI is InChI=1S/C18H15ClF6N6/c1-29(2)16(26)14-13(9-6-10(17(20,21)22)8-11(19)7-9)15(18(23,24)25)28-31(14)12-4-5-30(3)27-12/h4-8,26H,1-3H3.